The second-order valence-electron chi connectivity index (χ2n) is 8.24. The van der Waals surface area contributed by atoms with Crippen LogP contribution < -0.4 is 15.8 Å². The number of piperazine rings is 1. The Morgan fingerprint density at radius 3 is 2.56 bits per heavy atom. The first-order valence-electron chi connectivity index (χ1n) is 10.9. The summed E-state index contributed by atoms with van der Waals surface area (Å²) < 4.78 is 41.8. The van der Waals surface area contributed by atoms with E-state index in [2.05, 4.69) is 20.3 Å². The highest BCUT2D eigenvalue weighted by Gasteiger charge is 2.24. The number of H-pyrrole nitrogens is 1. The molecule has 0 radical (unpaired) electrons. The zero-order chi connectivity index (χ0) is 24.4. The molecule has 0 unspecified atom stereocenters. The predicted molar refractivity (Wildman–Crippen MR) is 122 cm³/mol. The lowest BCUT2D eigenvalue weighted by atomic mass is 10.1. The molecule has 11 heteroatoms. The summed E-state index contributed by atoms with van der Waals surface area (Å²) in [6.45, 7) is 4.72. The number of nitrogens with zero attached hydrogens (tertiary/aromatic N) is 4. The first-order chi connectivity index (χ1) is 16.3. The standard InChI is InChI=1S/C23H25F3N6O2/c1-13-3-4-17(21(28-13)23(34)27-6-5-24)32-9-7-31(8-10-32)12-15-11-16-20(19(26)18(15)25)29-14(2)22(33)30-16/h3-4,11H,5-10,12H2,1-2H3,(H,27,34)(H,30,33). The number of fused-ring (bicyclic) bond motifs is 1. The van der Waals surface area contributed by atoms with Crippen molar-refractivity contribution < 1.29 is 18.0 Å². The van der Waals surface area contributed by atoms with Crippen molar-refractivity contribution in [3.63, 3.8) is 0 Å². The summed E-state index contributed by atoms with van der Waals surface area (Å²) in [7, 11) is 0. The zero-order valence-corrected chi connectivity index (χ0v) is 18.9. The van der Waals surface area contributed by atoms with Gasteiger partial charge < -0.3 is 15.2 Å². The molecule has 0 saturated carbocycles. The molecule has 0 bridgehead atoms. The maximum Gasteiger partial charge on any atom is 0.272 e. The minimum atomic E-state index is -1.08. The minimum absolute atomic E-state index is 0.0676. The predicted octanol–water partition coefficient (Wildman–Crippen LogP) is 2.23. The van der Waals surface area contributed by atoms with Gasteiger partial charge in [-0.05, 0) is 32.0 Å². The first-order valence-corrected chi connectivity index (χ1v) is 10.9. The monoisotopic (exact) mass is 474 g/mol. The van der Waals surface area contributed by atoms with Crippen LogP contribution in [0.3, 0.4) is 0 Å². The number of amides is 1. The Bertz CT molecular complexity index is 1290. The van der Waals surface area contributed by atoms with Gasteiger partial charge in [-0.2, -0.15) is 0 Å². The number of benzene rings is 1. The van der Waals surface area contributed by atoms with Crippen LogP contribution in [0.4, 0.5) is 18.9 Å². The van der Waals surface area contributed by atoms with Gasteiger partial charge in [0.15, 0.2) is 17.3 Å². The quantitative estimate of drug-likeness (QED) is 0.569. The smallest absolute Gasteiger partial charge is 0.272 e. The van der Waals surface area contributed by atoms with Gasteiger partial charge in [0.1, 0.15) is 17.9 Å². The molecule has 2 aromatic heterocycles. The molecule has 4 rings (SSSR count). The van der Waals surface area contributed by atoms with Crippen molar-refractivity contribution in [1.29, 1.82) is 0 Å². The number of carbonyl (C=O) groups excluding carboxylic acids is 1. The highest BCUT2D eigenvalue weighted by Crippen LogP contribution is 2.24. The van der Waals surface area contributed by atoms with Gasteiger partial charge in [-0.3, -0.25) is 14.5 Å². The van der Waals surface area contributed by atoms with E-state index < -0.39 is 29.8 Å². The number of hydrogen-bond acceptors (Lipinski definition) is 6. The van der Waals surface area contributed by atoms with Gasteiger partial charge in [-0.1, -0.05) is 0 Å². The van der Waals surface area contributed by atoms with Crippen LogP contribution >= 0.6 is 0 Å². The lowest BCUT2D eigenvalue weighted by Crippen LogP contribution is -2.46. The van der Waals surface area contributed by atoms with Crippen LogP contribution in [-0.4, -0.2) is 65.2 Å². The zero-order valence-electron chi connectivity index (χ0n) is 18.9. The van der Waals surface area contributed by atoms with Gasteiger partial charge in [0.2, 0.25) is 0 Å². The second-order valence-corrected chi connectivity index (χ2v) is 8.24. The number of nitrogens with one attached hydrogen (secondary N) is 2. The molecule has 1 aliphatic rings. The van der Waals surface area contributed by atoms with Crippen molar-refractivity contribution in [3.8, 4) is 0 Å². The van der Waals surface area contributed by atoms with Gasteiger partial charge in [0.25, 0.3) is 11.5 Å². The summed E-state index contributed by atoms with van der Waals surface area (Å²) in [5, 5.41) is 2.51. The Hall–Kier alpha value is -3.47. The van der Waals surface area contributed by atoms with E-state index in [4.69, 9.17) is 0 Å². The molecular formula is C23H25F3N6O2. The molecule has 1 saturated heterocycles. The SMILES string of the molecule is Cc1ccc(N2CCN(Cc3cc4[nH]c(=O)c(C)nc4c(F)c3F)CC2)c(C(=O)NCCF)n1. The Kier molecular flexibility index (Phi) is 6.82. The number of rotatable bonds is 6. The molecule has 0 spiro atoms. The molecule has 1 amide bonds. The number of carbonyl (C=O) groups is 1. The average molecular weight is 474 g/mol. The lowest BCUT2D eigenvalue weighted by Gasteiger charge is -2.36. The van der Waals surface area contributed by atoms with Gasteiger partial charge in [-0.25, -0.2) is 23.1 Å². The Balaban J connectivity index is 1.50. The average Bonchev–Trinajstić information content (AvgIpc) is 2.83. The largest absolute Gasteiger partial charge is 0.367 e. The fourth-order valence-corrected chi connectivity index (χ4v) is 4.02. The third-order valence-corrected chi connectivity index (χ3v) is 5.83. The van der Waals surface area contributed by atoms with Crippen molar-refractivity contribution in [1.82, 2.24) is 25.2 Å². The first kappa shape index (κ1) is 23.7. The topological polar surface area (TPSA) is 94.2 Å². The van der Waals surface area contributed by atoms with Gasteiger partial charge in [0.05, 0.1) is 11.2 Å². The van der Waals surface area contributed by atoms with E-state index >= 15 is 0 Å². The van der Waals surface area contributed by atoms with Crippen LogP contribution in [0.5, 0.6) is 0 Å². The fourth-order valence-electron chi connectivity index (χ4n) is 4.02. The van der Waals surface area contributed by atoms with Crippen molar-refractivity contribution in [3.05, 3.63) is 62.8 Å². The number of aromatic amines is 1. The van der Waals surface area contributed by atoms with Gasteiger partial charge in [-0.15, -0.1) is 0 Å². The molecular weight excluding hydrogens is 449 g/mol. The molecule has 0 atom stereocenters. The highest BCUT2D eigenvalue weighted by molar-refractivity contribution is 5.97. The van der Waals surface area contributed by atoms with Crippen LogP contribution in [0, 0.1) is 25.5 Å². The number of hydrogen-bond donors (Lipinski definition) is 2. The summed E-state index contributed by atoms with van der Waals surface area (Å²) in [6, 6.07) is 5.04. The minimum Gasteiger partial charge on any atom is -0.367 e. The number of aromatic nitrogens is 3. The second kappa shape index (κ2) is 9.80. The van der Waals surface area contributed by atoms with E-state index in [0.717, 1.165) is 0 Å². The van der Waals surface area contributed by atoms with E-state index in [1.165, 1.54) is 13.0 Å². The van der Waals surface area contributed by atoms with Crippen LogP contribution in [0.15, 0.2) is 23.0 Å². The number of halogens is 3. The number of pyridine rings is 1. The Morgan fingerprint density at radius 2 is 1.85 bits per heavy atom. The fraction of sp³-hybridized carbons (Fsp3) is 0.391. The molecule has 1 aromatic carbocycles. The Labute approximate surface area is 193 Å². The summed E-state index contributed by atoms with van der Waals surface area (Å²) >= 11 is 0. The molecule has 34 heavy (non-hydrogen) atoms. The summed E-state index contributed by atoms with van der Waals surface area (Å²) in [5.41, 5.74) is 1.24. The number of alkyl halides is 1. The van der Waals surface area contributed by atoms with Crippen molar-refractivity contribution in [2.24, 2.45) is 0 Å². The molecule has 180 valence electrons. The molecule has 1 fully saturated rings. The third kappa shape index (κ3) is 4.74. The summed E-state index contributed by atoms with van der Waals surface area (Å²) in [5.74, 6) is -2.51. The number of anilines is 1. The Morgan fingerprint density at radius 1 is 1.12 bits per heavy atom. The normalized spacial score (nSPS) is 14.6. The molecule has 3 heterocycles. The van der Waals surface area contributed by atoms with E-state index in [1.807, 2.05) is 15.9 Å². The maximum atomic E-state index is 14.7. The van der Waals surface area contributed by atoms with Crippen LogP contribution in [0.25, 0.3) is 11.0 Å². The van der Waals surface area contributed by atoms with Gasteiger partial charge >= 0.3 is 0 Å². The van der Waals surface area contributed by atoms with E-state index in [9.17, 15) is 22.8 Å². The molecule has 1 aliphatic heterocycles. The highest BCUT2D eigenvalue weighted by atomic mass is 19.2. The van der Waals surface area contributed by atoms with E-state index in [-0.39, 0.29) is 41.1 Å². The maximum absolute atomic E-state index is 14.7. The van der Waals surface area contributed by atoms with Crippen LogP contribution in [0.2, 0.25) is 0 Å². The molecule has 3 aromatic rings. The molecule has 8 nitrogen and oxygen atoms in total. The molecule has 0 aliphatic carbocycles. The summed E-state index contributed by atoms with van der Waals surface area (Å²) in [4.78, 5) is 39.0. The number of aryl methyl sites for hydroxylation is 2. The van der Waals surface area contributed by atoms with Crippen LogP contribution in [-0.2, 0) is 6.54 Å². The van der Waals surface area contributed by atoms with Gasteiger partial charge in [0, 0.05) is 50.5 Å². The van der Waals surface area contributed by atoms with Crippen molar-refractivity contribution in [2.75, 3.05) is 44.3 Å². The van der Waals surface area contributed by atoms with E-state index in [0.29, 0.717) is 37.6 Å². The van der Waals surface area contributed by atoms with Crippen molar-refractivity contribution in [2.45, 2.75) is 20.4 Å². The van der Waals surface area contributed by atoms with Crippen molar-refractivity contribution >= 4 is 22.6 Å². The van der Waals surface area contributed by atoms with E-state index in [1.54, 1.807) is 13.0 Å². The summed E-state index contributed by atoms with van der Waals surface area (Å²) in [6.07, 6.45) is 0. The lowest BCUT2D eigenvalue weighted by molar-refractivity contribution is 0.0946. The van der Waals surface area contributed by atoms with Crippen LogP contribution in [0.1, 0.15) is 27.4 Å². The molecule has 2 N–H and O–H groups in total. The third-order valence-electron chi connectivity index (χ3n) is 5.83.